The van der Waals surface area contributed by atoms with E-state index in [4.69, 9.17) is 4.74 Å². The normalized spacial score (nSPS) is 10.7. The van der Waals surface area contributed by atoms with Gasteiger partial charge in [0.05, 0.1) is 17.1 Å². The molecule has 2 rings (SSSR count). The average Bonchev–Trinajstić information content (AvgIpc) is 2.77. The van der Waals surface area contributed by atoms with E-state index in [2.05, 4.69) is 39.0 Å². The van der Waals surface area contributed by atoms with Gasteiger partial charge in [0.2, 0.25) is 0 Å². The monoisotopic (exact) mass is 323 g/mol. The number of hydrogen-bond donors (Lipinski definition) is 0. The van der Waals surface area contributed by atoms with E-state index in [-0.39, 0.29) is 0 Å². The van der Waals surface area contributed by atoms with Gasteiger partial charge in [0, 0.05) is 17.6 Å². The Balaban J connectivity index is 2.14. The molecule has 0 amide bonds. The van der Waals surface area contributed by atoms with E-state index < -0.39 is 0 Å². The molecule has 19 heavy (non-hydrogen) atoms. The first kappa shape index (κ1) is 14.1. The van der Waals surface area contributed by atoms with Crippen molar-refractivity contribution in [2.75, 3.05) is 0 Å². The van der Waals surface area contributed by atoms with Crippen LogP contribution in [0.2, 0.25) is 0 Å². The molecule has 0 unspecified atom stereocenters. The van der Waals surface area contributed by atoms with Crippen molar-refractivity contribution in [1.29, 1.82) is 0 Å². The number of aryl methyl sites for hydroxylation is 3. The van der Waals surface area contributed by atoms with Crippen molar-refractivity contribution < 1.29 is 4.74 Å². The Hall–Kier alpha value is -1.36. The number of nitrogens with zero attached hydrogens (tertiary/aromatic N) is 3. The number of ether oxygens (including phenoxy) is 1. The summed E-state index contributed by atoms with van der Waals surface area (Å²) in [4.78, 5) is 4.46. The molecule has 5 heteroatoms. The zero-order valence-electron chi connectivity index (χ0n) is 11.5. The fraction of sp³-hybridized carbons (Fsp3) is 0.429. The molecular weight excluding hydrogens is 306 g/mol. The van der Waals surface area contributed by atoms with Crippen LogP contribution in [-0.4, -0.2) is 14.8 Å². The van der Waals surface area contributed by atoms with Crippen molar-refractivity contribution in [2.45, 2.75) is 39.3 Å². The van der Waals surface area contributed by atoms with E-state index in [0.717, 1.165) is 35.1 Å². The third-order valence-corrected chi connectivity index (χ3v) is 3.39. The van der Waals surface area contributed by atoms with Crippen LogP contribution in [0, 0.1) is 13.8 Å². The zero-order chi connectivity index (χ0) is 13.8. The van der Waals surface area contributed by atoms with E-state index in [1.165, 1.54) is 0 Å². The molecule has 0 aromatic carbocycles. The first-order chi connectivity index (χ1) is 9.13. The summed E-state index contributed by atoms with van der Waals surface area (Å²) in [7, 11) is 0. The molecule has 102 valence electrons. The lowest BCUT2D eigenvalue weighted by molar-refractivity contribution is 0.289. The molecule has 2 aromatic rings. The minimum atomic E-state index is 0.513. The van der Waals surface area contributed by atoms with Gasteiger partial charge in [-0.2, -0.15) is 5.10 Å². The topological polar surface area (TPSA) is 39.9 Å². The fourth-order valence-corrected chi connectivity index (χ4v) is 2.37. The number of rotatable bonds is 5. The van der Waals surface area contributed by atoms with Crippen molar-refractivity contribution in [3.05, 3.63) is 41.0 Å². The van der Waals surface area contributed by atoms with Gasteiger partial charge < -0.3 is 4.74 Å². The van der Waals surface area contributed by atoms with Crippen molar-refractivity contribution in [1.82, 2.24) is 14.8 Å². The number of aromatic nitrogens is 3. The number of halogens is 1. The molecule has 2 aromatic heterocycles. The van der Waals surface area contributed by atoms with Gasteiger partial charge in [0.15, 0.2) is 0 Å². The SMILES string of the molecule is CCn1nc(C)cc1COc1ccc(C)nc1CBr. The second kappa shape index (κ2) is 6.19. The van der Waals surface area contributed by atoms with Crippen molar-refractivity contribution >= 4 is 15.9 Å². The summed E-state index contributed by atoms with van der Waals surface area (Å²) in [6.45, 7) is 7.41. The van der Waals surface area contributed by atoms with Crippen LogP contribution >= 0.6 is 15.9 Å². The Kier molecular flexibility index (Phi) is 4.58. The van der Waals surface area contributed by atoms with Crippen LogP contribution in [0.4, 0.5) is 0 Å². The lowest BCUT2D eigenvalue weighted by Crippen LogP contribution is -2.07. The van der Waals surface area contributed by atoms with Gasteiger partial charge in [-0.1, -0.05) is 15.9 Å². The quantitative estimate of drug-likeness (QED) is 0.792. The predicted octanol–water partition coefficient (Wildman–Crippen LogP) is 3.39. The summed E-state index contributed by atoms with van der Waals surface area (Å²) in [5.74, 6) is 0.823. The summed E-state index contributed by atoms with van der Waals surface area (Å²) in [5.41, 5.74) is 4.03. The van der Waals surface area contributed by atoms with Crippen LogP contribution in [0.25, 0.3) is 0 Å². The average molecular weight is 324 g/mol. The third kappa shape index (κ3) is 3.35. The minimum absolute atomic E-state index is 0.513. The van der Waals surface area contributed by atoms with Crippen molar-refractivity contribution in [3.63, 3.8) is 0 Å². The molecule has 0 N–H and O–H groups in total. The highest BCUT2D eigenvalue weighted by molar-refractivity contribution is 9.08. The lowest BCUT2D eigenvalue weighted by atomic mass is 10.3. The van der Waals surface area contributed by atoms with E-state index >= 15 is 0 Å². The van der Waals surface area contributed by atoms with E-state index in [1.807, 2.05) is 30.7 Å². The van der Waals surface area contributed by atoms with E-state index in [1.54, 1.807) is 0 Å². The molecule has 0 aliphatic heterocycles. The molecule has 0 atom stereocenters. The van der Waals surface area contributed by atoms with Gasteiger partial charge in [-0.05, 0) is 39.0 Å². The van der Waals surface area contributed by atoms with Crippen molar-refractivity contribution in [2.24, 2.45) is 0 Å². The first-order valence-corrected chi connectivity index (χ1v) is 7.44. The highest BCUT2D eigenvalue weighted by Crippen LogP contribution is 2.21. The minimum Gasteiger partial charge on any atom is -0.485 e. The number of pyridine rings is 1. The van der Waals surface area contributed by atoms with Crippen LogP contribution in [0.5, 0.6) is 5.75 Å². The Labute approximate surface area is 121 Å². The standard InChI is InChI=1S/C14H18BrN3O/c1-4-18-12(7-11(3)17-18)9-19-14-6-5-10(2)16-13(14)8-15/h5-7H,4,8-9H2,1-3H3. The molecule has 0 bridgehead atoms. The number of hydrogen-bond acceptors (Lipinski definition) is 3. The van der Waals surface area contributed by atoms with Crippen molar-refractivity contribution in [3.8, 4) is 5.75 Å². The van der Waals surface area contributed by atoms with Crippen LogP contribution in [0.1, 0.15) is 29.7 Å². The van der Waals surface area contributed by atoms with Gasteiger partial charge in [0.25, 0.3) is 0 Å². The smallest absolute Gasteiger partial charge is 0.142 e. The third-order valence-electron chi connectivity index (χ3n) is 2.86. The molecule has 0 aliphatic rings. The second-order valence-corrected chi connectivity index (χ2v) is 4.97. The predicted molar refractivity (Wildman–Crippen MR) is 78.6 cm³/mol. The molecule has 0 spiro atoms. The van der Waals surface area contributed by atoms with Crippen LogP contribution in [0.15, 0.2) is 18.2 Å². The zero-order valence-corrected chi connectivity index (χ0v) is 13.1. The van der Waals surface area contributed by atoms with Gasteiger partial charge in [-0.15, -0.1) is 0 Å². The van der Waals surface area contributed by atoms with Gasteiger partial charge in [-0.3, -0.25) is 9.67 Å². The highest BCUT2D eigenvalue weighted by Gasteiger charge is 2.08. The van der Waals surface area contributed by atoms with Gasteiger partial charge in [-0.25, -0.2) is 0 Å². The largest absolute Gasteiger partial charge is 0.485 e. The van der Waals surface area contributed by atoms with Crippen LogP contribution < -0.4 is 4.74 Å². The summed E-state index contributed by atoms with van der Waals surface area (Å²) < 4.78 is 7.83. The molecule has 0 radical (unpaired) electrons. The molecule has 2 heterocycles. The summed E-state index contributed by atoms with van der Waals surface area (Å²) in [6.07, 6.45) is 0. The van der Waals surface area contributed by atoms with Crippen LogP contribution in [0.3, 0.4) is 0 Å². The summed E-state index contributed by atoms with van der Waals surface area (Å²) in [6, 6.07) is 5.99. The maximum absolute atomic E-state index is 5.87. The molecular formula is C14H18BrN3O. The number of alkyl halides is 1. The Morgan fingerprint density at radius 3 is 2.74 bits per heavy atom. The Morgan fingerprint density at radius 2 is 2.05 bits per heavy atom. The Morgan fingerprint density at radius 1 is 1.26 bits per heavy atom. The molecule has 0 saturated heterocycles. The van der Waals surface area contributed by atoms with E-state index in [0.29, 0.717) is 11.9 Å². The maximum Gasteiger partial charge on any atom is 0.142 e. The molecule has 0 aliphatic carbocycles. The summed E-state index contributed by atoms with van der Waals surface area (Å²) >= 11 is 3.44. The highest BCUT2D eigenvalue weighted by atomic mass is 79.9. The molecule has 0 fully saturated rings. The molecule has 0 saturated carbocycles. The van der Waals surface area contributed by atoms with Gasteiger partial charge in [0.1, 0.15) is 12.4 Å². The second-order valence-electron chi connectivity index (χ2n) is 4.41. The summed E-state index contributed by atoms with van der Waals surface area (Å²) in [5, 5.41) is 5.10. The fourth-order valence-electron chi connectivity index (χ4n) is 1.97. The Bertz CT molecular complexity index is 566. The van der Waals surface area contributed by atoms with E-state index in [9.17, 15) is 0 Å². The first-order valence-electron chi connectivity index (χ1n) is 6.32. The molecule has 4 nitrogen and oxygen atoms in total. The maximum atomic E-state index is 5.87. The lowest BCUT2D eigenvalue weighted by Gasteiger charge is -2.10. The van der Waals surface area contributed by atoms with Gasteiger partial charge >= 0.3 is 0 Å². The van der Waals surface area contributed by atoms with Crippen LogP contribution in [-0.2, 0) is 18.5 Å².